The van der Waals surface area contributed by atoms with E-state index in [1.54, 1.807) is 18.9 Å². The van der Waals surface area contributed by atoms with Crippen molar-refractivity contribution in [2.24, 2.45) is 0 Å². The molecule has 0 amide bonds. The van der Waals surface area contributed by atoms with Gasteiger partial charge in [-0.15, -0.1) is 11.8 Å². The van der Waals surface area contributed by atoms with Crippen LogP contribution in [-0.2, 0) is 16.0 Å². The van der Waals surface area contributed by atoms with E-state index >= 15 is 0 Å². The summed E-state index contributed by atoms with van der Waals surface area (Å²) in [5.41, 5.74) is 4.11. The Balaban J connectivity index is 2.21. The van der Waals surface area contributed by atoms with E-state index in [1.165, 1.54) is 0 Å². The van der Waals surface area contributed by atoms with Gasteiger partial charge in [0.1, 0.15) is 11.7 Å². The summed E-state index contributed by atoms with van der Waals surface area (Å²) in [5, 5.41) is 1.12. The topological polar surface area (TPSA) is 51.3 Å². The van der Waals surface area contributed by atoms with Crippen molar-refractivity contribution in [2.45, 2.75) is 56.6 Å². The highest BCUT2D eigenvalue weighted by atomic mass is 32.2. The molecular weight excluding hydrogens is 394 g/mol. The molecule has 0 saturated heterocycles. The largest absolute Gasteiger partial charge is 0.496 e. The van der Waals surface area contributed by atoms with Crippen LogP contribution in [0.3, 0.4) is 0 Å². The zero-order valence-electron chi connectivity index (χ0n) is 18.7. The quantitative estimate of drug-likeness (QED) is 0.358. The number of H-pyrrole nitrogens is 1. The number of benzene rings is 2. The second-order valence-corrected chi connectivity index (χ2v) is 10.2. The van der Waals surface area contributed by atoms with Crippen LogP contribution in [0.5, 0.6) is 5.75 Å². The van der Waals surface area contributed by atoms with Crippen LogP contribution < -0.4 is 4.74 Å². The fourth-order valence-electron chi connectivity index (χ4n) is 3.70. The average molecular weight is 426 g/mol. The maximum absolute atomic E-state index is 13.1. The zero-order valence-corrected chi connectivity index (χ0v) is 19.5. The second kappa shape index (κ2) is 9.17. The summed E-state index contributed by atoms with van der Waals surface area (Å²) in [4.78, 5) is 17.7. The van der Waals surface area contributed by atoms with E-state index in [1.807, 2.05) is 37.3 Å². The van der Waals surface area contributed by atoms with Crippen molar-refractivity contribution in [1.29, 1.82) is 0 Å². The molecule has 1 unspecified atom stereocenters. The van der Waals surface area contributed by atoms with Crippen molar-refractivity contribution >= 4 is 28.6 Å². The molecule has 0 fully saturated rings. The lowest BCUT2D eigenvalue weighted by Gasteiger charge is -2.22. The minimum atomic E-state index is -0.407. The summed E-state index contributed by atoms with van der Waals surface area (Å²) in [6.07, 6.45) is 0.584. The Morgan fingerprint density at radius 3 is 2.43 bits per heavy atom. The second-order valence-electron chi connectivity index (χ2n) is 8.39. The van der Waals surface area contributed by atoms with Crippen LogP contribution in [0.4, 0.5) is 0 Å². The Morgan fingerprint density at radius 2 is 1.83 bits per heavy atom. The summed E-state index contributed by atoms with van der Waals surface area (Å²) in [7, 11) is 1.69. The highest BCUT2D eigenvalue weighted by Crippen LogP contribution is 2.45. The Morgan fingerprint density at radius 1 is 1.13 bits per heavy atom. The number of nitrogens with one attached hydrogen (secondary N) is 1. The van der Waals surface area contributed by atoms with Crippen LogP contribution in [-0.4, -0.2) is 29.4 Å². The van der Waals surface area contributed by atoms with Crippen molar-refractivity contribution in [3.8, 4) is 5.75 Å². The van der Waals surface area contributed by atoms with Gasteiger partial charge in [-0.2, -0.15) is 0 Å². The van der Waals surface area contributed by atoms with Crippen molar-refractivity contribution in [1.82, 2.24) is 4.98 Å². The molecule has 3 rings (SSSR count). The first kappa shape index (κ1) is 22.3. The summed E-state index contributed by atoms with van der Waals surface area (Å²) in [5.74, 6) is 0.239. The molecule has 160 valence electrons. The molecule has 5 heteroatoms. The molecule has 1 N–H and O–H groups in total. The van der Waals surface area contributed by atoms with Gasteiger partial charge >= 0.3 is 5.97 Å². The third kappa shape index (κ3) is 4.84. The first-order valence-corrected chi connectivity index (χ1v) is 11.2. The predicted molar refractivity (Wildman–Crippen MR) is 125 cm³/mol. The lowest BCUT2D eigenvalue weighted by atomic mass is 9.96. The molecule has 0 radical (unpaired) electrons. The van der Waals surface area contributed by atoms with Gasteiger partial charge in [-0.25, -0.2) is 0 Å². The fourth-order valence-corrected chi connectivity index (χ4v) is 4.98. The standard InChI is InChI=1S/C25H31NO3S/c1-7-29-24(27)18(15-17-11-9-8-10-12-17)22-23(30-25(3,4)5)21-16(2)20(28-6)14-13-19(21)26-22/h8-14,18,26H,7,15H2,1-6H3. The van der Waals surface area contributed by atoms with Gasteiger partial charge in [-0.05, 0) is 38.0 Å². The predicted octanol–water partition coefficient (Wildman–Crippen LogP) is 6.26. The summed E-state index contributed by atoms with van der Waals surface area (Å²) < 4.78 is 11.0. The van der Waals surface area contributed by atoms with E-state index in [0.717, 1.165) is 38.4 Å². The number of aryl methyl sites for hydroxylation is 1. The molecule has 1 heterocycles. The van der Waals surface area contributed by atoms with E-state index < -0.39 is 5.92 Å². The number of aromatic nitrogens is 1. The Kier molecular flexibility index (Phi) is 6.81. The Labute approximate surface area is 183 Å². The normalized spacial score (nSPS) is 12.7. The van der Waals surface area contributed by atoms with E-state index in [4.69, 9.17) is 9.47 Å². The van der Waals surface area contributed by atoms with Crippen molar-refractivity contribution in [3.05, 3.63) is 59.3 Å². The van der Waals surface area contributed by atoms with Gasteiger partial charge in [-0.3, -0.25) is 4.79 Å². The molecule has 0 spiro atoms. The van der Waals surface area contributed by atoms with Gasteiger partial charge < -0.3 is 14.5 Å². The van der Waals surface area contributed by atoms with Gasteiger partial charge in [0.25, 0.3) is 0 Å². The molecule has 2 aromatic carbocycles. The molecule has 0 aliphatic carbocycles. The van der Waals surface area contributed by atoms with E-state index in [-0.39, 0.29) is 10.7 Å². The van der Waals surface area contributed by atoms with Crippen LogP contribution in [0.25, 0.3) is 10.9 Å². The van der Waals surface area contributed by atoms with Gasteiger partial charge in [0.05, 0.1) is 13.7 Å². The van der Waals surface area contributed by atoms with Gasteiger partial charge in [-0.1, -0.05) is 51.1 Å². The maximum Gasteiger partial charge on any atom is 0.315 e. The number of carbonyl (C=O) groups is 1. The average Bonchev–Trinajstić information content (AvgIpc) is 3.04. The number of methoxy groups -OCH3 is 1. The van der Waals surface area contributed by atoms with Crippen molar-refractivity contribution in [2.75, 3.05) is 13.7 Å². The van der Waals surface area contributed by atoms with E-state index in [2.05, 4.69) is 44.8 Å². The molecule has 1 aromatic heterocycles. The number of hydrogen-bond donors (Lipinski definition) is 1. The zero-order chi connectivity index (χ0) is 21.9. The third-order valence-electron chi connectivity index (χ3n) is 4.99. The van der Waals surface area contributed by atoms with E-state index in [0.29, 0.717) is 13.0 Å². The Hall–Kier alpha value is -2.40. The lowest BCUT2D eigenvalue weighted by Crippen LogP contribution is -2.20. The summed E-state index contributed by atoms with van der Waals surface area (Å²) in [6.45, 7) is 10.8. The maximum atomic E-state index is 13.1. The van der Waals surface area contributed by atoms with Gasteiger partial charge in [0.15, 0.2) is 0 Å². The number of fused-ring (bicyclic) bond motifs is 1. The number of hydrogen-bond acceptors (Lipinski definition) is 4. The number of rotatable bonds is 7. The highest BCUT2D eigenvalue weighted by Gasteiger charge is 2.31. The molecule has 30 heavy (non-hydrogen) atoms. The molecule has 3 aromatic rings. The molecule has 0 bridgehead atoms. The number of ether oxygens (including phenoxy) is 2. The minimum Gasteiger partial charge on any atom is -0.496 e. The highest BCUT2D eigenvalue weighted by molar-refractivity contribution is 8.00. The van der Waals surface area contributed by atoms with Crippen molar-refractivity contribution < 1.29 is 14.3 Å². The molecule has 4 nitrogen and oxygen atoms in total. The molecule has 0 aliphatic rings. The van der Waals surface area contributed by atoms with Crippen LogP contribution in [0.2, 0.25) is 0 Å². The number of aromatic amines is 1. The van der Waals surface area contributed by atoms with Crippen LogP contribution >= 0.6 is 11.8 Å². The Bertz CT molecular complexity index is 1020. The van der Waals surface area contributed by atoms with Crippen LogP contribution in [0, 0.1) is 6.92 Å². The fraction of sp³-hybridized carbons (Fsp3) is 0.400. The minimum absolute atomic E-state index is 0.0225. The molecule has 1 atom stereocenters. The van der Waals surface area contributed by atoms with Gasteiger partial charge in [0, 0.05) is 31.8 Å². The first-order valence-electron chi connectivity index (χ1n) is 10.3. The van der Waals surface area contributed by atoms with Crippen LogP contribution in [0.1, 0.15) is 50.4 Å². The lowest BCUT2D eigenvalue weighted by molar-refractivity contribution is -0.145. The number of thioether (sulfide) groups is 1. The number of esters is 1. The van der Waals surface area contributed by atoms with Gasteiger partial charge in [0.2, 0.25) is 0 Å². The third-order valence-corrected chi connectivity index (χ3v) is 6.23. The molecule has 0 saturated carbocycles. The van der Waals surface area contributed by atoms with Crippen LogP contribution in [0.15, 0.2) is 47.4 Å². The SMILES string of the molecule is CCOC(=O)C(Cc1ccccc1)c1[nH]c2ccc(OC)c(C)c2c1SC(C)(C)C. The molecular formula is C25H31NO3S. The first-order chi connectivity index (χ1) is 14.2. The monoisotopic (exact) mass is 425 g/mol. The smallest absolute Gasteiger partial charge is 0.315 e. The summed E-state index contributed by atoms with van der Waals surface area (Å²) in [6, 6.07) is 14.1. The van der Waals surface area contributed by atoms with E-state index in [9.17, 15) is 4.79 Å². The van der Waals surface area contributed by atoms with Crippen molar-refractivity contribution in [3.63, 3.8) is 0 Å². The molecule has 0 aliphatic heterocycles. The summed E-state index contributed by atoms with van der Waals surface area (Å²) >= 11 is 1.78. The number of carbonyl (C=O) groups excluding carboxylic acids is 1.